The summed E-state index contributed by atoms with van der Waals surface area (Å²) in [4.78, 5) is 19.4. The Balaban J connectivity index is 1.40. The zero-order valence-electron chi connectivity index (χ0n) is 17.0. The van der Waals surface area contributed by atoms with Gasteiger partial charge in [0.1, 0.15) is 5.52 Å². The van der Waals surface area contributed by atoms with Crippen LogP contribution in [-0.2, 0) is 10.0 Å². The fourth-order valence-corrected chi connectivity index (χ4v) is 4.98. The Labute approximate surface area is 176 Å². The highest BCUT2D eigenvalue weighted by atomic mass is 32.2. The van der Waals surface area contributed by atoms with Gasteiger partial charge in [-0.1, -0.05) is 12.1 Å². The number of carbonyl (C=O) groups is 1. The maximum atomic E-state index is 12.8. The molecule has 0 radical (unpaired) electrons. The topological polar surface area (TPSA) is 92.5 Å². The molecule has 0 unspecified atom stereocenters. The molecule has 158 valence electrons. The lowest BCUT2D eigenvalue weighted by Crippen LogP contribution is -2.38. The molecule has 0 spiro atoms. The Morgan fingerprint density at radius 1 is 1.10 bits per heavy atom. The normalized spacial score (nSPS) is 15.8. The average molecular weight is 428 g/mol. The number of piperidine rings is 1. The molecule has 0 saturated carbocycles. The summed E-state index contributed by atoms with van der Waals surface area (Å²) in [7, 11) is -3.57. The van der Waals surface area contributed by atoms with Crippen LogP contribution in [-0.4, -0.2) is 43.3 Å². The van der Waals surface area contributed by atoms with Crippen molar-refractivity contribution in [3.8, 4) is 0 Å². The van der Waals surface area contributed by atoms with Gasteiger partial charge in [0, 0.05) is 30.6 Å². The first-order valence-corrected chi connectivity index (χ1v) is 11.6. The molecule has 8 heteroatoms. The van der Waals surface area contributed by atoms with E-state index in [1.807, 2.05) is 24.3 Å². The molecule has 3 aromatic rings. The first-order valence-electron chi connectivity index (χ1n) is 10.1. The first-order chi connectivity index (χ1) is 14.3. The average Bonchev–Trinajstić information content (AvgIpc) is 3.17. The van der Waals surface area contributed by atoms with Crippen molar-refractivity contribution in [3.63, 3.8) is 0 Å². The van der Waals surface area contributed by atoms with Crippen LogP contribution >= 0.6 is 0 Å². The molecule has 1 aliphatic rings. The molecule has 2 aromatic carbocycles. The number of amides is 1. The molecule has 4 rings (SSSR count). The zero-order chi connectivity index (χ0) is 21.3. The highest BCUT2D eigenvalue weighted by Crippen LogP contribution is 2.30. The van der Waals surface area contributed by atoms with Gasteiger partial charge >= 0.3 is 0 Å². The molecule has 0 aliphatic carbocycles. The summed E-state index contributed by atoms with van der Waals surface area (Å²) < 4.78 is 32.9. The molecule has 0 bridgehead atoms. The van der Waals surface area contributed by atoms with Crippen molar-refractivity contribution < 1.29 is 17.6 Å². The van der Waals surface area contributed by atoms with E-state index < -0.39 is 10.0 Å². The lowest BCUT2D eigenvalue weighted by Gasteiger charge is -2.30. The van der Waals surface area contributed by atoms with Crippen LogP contribution in [0.25, 0.3) is 11.1 Å². The van der Waals surface area contributed by atoms with Crippen molar-refractivity contribution in [1.29, 1.82) is 0 Å². The van der Waals surface area contributed by atoms with Crippen LogP contribution in [0.2, 0.25) is 0 Å². The Morgan fingerprint density at radius 2 is 1.77 bits per heavy atom. The Kier molecular flexibility index (Phi) is 5.62. The van der Waals surface area contributed by atoms with Gasteiger partial charge in [-0.15, -0.1) is 0 Å². The standard InChI is InChI=1S/C22H25N3O4S/c1-15(2)24-30(27,28)18-9-7-17(8-10-18)22(26)25-13-11-16(12-14-25)21-23-19-5-3-4-6-20(19)29-21/h3-10,15-16,24H,11-14H2,1-2H3. The van der Waals surface area contributed by atoms with Crippen molar-refractivity contribution in [2.24, 2.45) is 0 Å². The van der Waals surface area contributed by atoms with E-state index in [0.717, 1.165) is 29.8 Å². The summed E-state index contributed by atoms with van der Waals surface area (Å²) >= 11 is 0. The first kappa shape index (κ1) is 20.6. The maximum Gasteiger partial charge on any atom is 0.253 e. The summed E-state index contributed by atoms with van der Waals surface area (Å²) in [5.74, 6) is 0.832. The van der Waals surface area contributed by atoms with E-state index in [1.165, 1.54) is 12.1 Å². The number of nitrogens with one attached hydrogen (secondary N) is 1. The minimum absolute atomic E-state index is 0.0909. The number of benzene rings is 2. The van der Waals surface area contributed by atoms with E-state index in [9.17, 15) is 13.2 Å². The molecule has 1 fully saturated rings. The van der Waals surface area contributed by atoms with E-state index in [0.29, 0.717) is 18.7 Å². The van der Waals surface area contributed by atoms with E-state index in [1.54, 1.807) is 30.9 Å². The second-order valence-electron chi connectivity index (χ2n) is 7.89. The zero-order valence-corrected chi connectivity index (χ0v) is 17.9. The van der Waals surface area contributed by atoms with Gasteiger partial charge in [-0.2, -0.15) is 0 Å². The van der Waals surface area contributed by atoms with Crippen molar-refractivity contribution >= 4 is 27.0 Å². The number of hydrogen-bond donors (Lipinski definition) is 1. The fourth-order valence-electron chi connectivity index (χ4n) is 3.73. The number of para-hydroxylation sites is 2. The third-order valence-corrected chi connectivity index (χ3v) is 6.92. The van der Waals surface area contributed by atoms with Crippen LogP contribution in [0.5, 0.6) is 0 Å². The van der Waals surface area contributed by atoms with Gasteiger partial charge in [0.2, 0.25) is 10.0 Å². The molecule has 1 saturated heterocycles. The lowest BCUT2D eigenvalue weighted by atomic mass is 9.96. The Hall–Kier alpha value is -2.71. The van der Waals surface area contributed by atoms with Crippen LogP contribution in [0.1, 0.15) is 48.9 Å². The second kappa shape index (κ2) is 8.20. The summed E-state index contributed by atoms with van der Waals surface area (Å²) in [6.45, 7) is 4.74. The molecule has 1 amide bonds. The largest absolute Gasteiger partial charge is 0.440 e. The van der Waals surface area contributed by atoms with Crippen molar-refractivity contribution in [1.82, 2.24) is 14.6 Å². The molecule has 7 nitrogen and oxygen atoms in total. The molecular formula is C22H25N3O4S. The van der Waals surface area contributed by atoms with Crippen molar-refractivity contribution in [2.75, 3.05) is 13.1 Å². The van der Waals surface area contributed by atoms with Crippen molar-refractivity contribution in [3.05, 3.63) is 60.0 Å². The summed E-state index contributed by atoms with van der Waals surface area (Å²) in [6, 6.07) is 13.6. The summed E-state index contributed by atoms with van der Waals surface area (Å²) in [5, 5.41) is 0. The third kappa shape index (κ3) is 4.24. The number of rotatable bonds is 5. The minimum atomic E-state index is -3.57. The van der Waals surface area contributed by atoms with E-state index >= 15 is 0 Å². The number of oxazole rings is 1. The quantitative estimate of drug-likeness (QED) is 0.672. The van der Waals surface area contributed by atoms with Gasteiger partial charge in [0.15, 0.2) is 11.5 Å². The number of fused-ring (bicyclic) bond motifs is 1. The summed E-state index contributed by atoms with van der Waals surface area (Å²) in [5.41, 5.74) is 2.12. The number of aromatic nitrogens is 1. The Bertz CT molecular complexity index is 1110. The number of nitrogens with zero attached hydrogens (tertiary/aromatic N) is 2. The molecule has 30 heavy (non-hydrogen) atoms. The number of hydrogen-bond acceptors (Lipinski definition) is 5. The number of sulfonamides is 1. The SMILES string of the molecule is CC(C)NS(=O)(=O)c1ccc(C(=O)N2CCC(c3nc4ccccc4o3)CC2)cc1. The lowest BCUT2D eigenvalue weighted by molar-refractivity contribution is 0.0706. The maximum absolute atomic E-state index is 12.8. The van der Waals surface area contributed by atoms with E-state index in [4.69, 9.17) is 4.42 Å². The predicted molar refractivity (Wildman–Crippen MR) is 114 cm³/mol. The highest BCUT2D eigenvalue weighted by molar-refractivity contribution is 7.89. The van der Waals surface area contributed by atoms with Crippen LogP contribution < -0.4 is 4.72 Å². The third-order valence-electron chi connectivity index (χ3n) is 5.24. The fraction of sp³-hybridized carbons (Fsp3) is 0.364. The highest BCUT2D eigenvalue weighted by Gasteiger charge is 2.28. The minimum Gasteiger partial charge on any atom is -0.440 e. The molecule has 1 aromatic heterocycles. The molecule has 0 atom stereocenters. The monoisotopic (exact) mass is 427 g/mol. The van der Waals surface area contributed by atoms with Crippen LogP contribution in [0.4, 0.5) is 0 Å². The van der Waals surface area contributed by atoms with Gasteiger partial charge in [-0.05, 0) is 63.1 Å². The predicted octanol–water partition coefficient (Wildman–Crippen LogP) is 3.53. The molecule has 1 aliphatic heterocycles. The van der Waals surface area contributed by atoms with Gasteiger partial charge in [0.25, 0.3) is 5.91 Å². The Morgan fingerprint density at radius 3 is 2.40 bits per heavy atom. The van der Waals surface area contributed by atoms with E-state index in [-0.39, 0.29) is 22.8 Å². The summed E-state index contributed by atoms with van der Waals surface area (Å²) in [6.07, 6.45) is 1.56. The van der Waals surface area contributed by atoms with Gasteiger partial charge in [-0.3, -0.25) is 4.79 Å². The van der Waals surface area contributed by atoms with Gasteiger partial charge < -0.3 is 9.32 Å². The molecular weight excluding hydrogens is 402 g/mol. The smallest absolute Gasteiger partial charge is 0.253 e. The number of likely N-dealkylation sites (tertiary alicyclic amines) is 1. The van der Waals surface area contributed by atoms with E-state index in [2.05, 4.69) is 9.71 Å². The van der Waals surface area contributed by atoms with Crippen molar-refractivity contribution in [2.45, 2.75) is 43.5 Å². The van der Waals surface area contributed by atoms with Crippen LogP contribution in [0.15, 0.2) is 57.8 Å². The van der Waals surface area contributed by atoms with Crippen LogP contribution in [0, 0.1) is 0 Å². The molecule has 1 N–H and O–H groups in total. The second-order valence-corrected chi connectivity index (χ2v) is 9.60. The van der Waals surface area contributed by atoms with Gasteiger partial charge in [0.05, 0.1) is 4.90 Å². The van der Waals surface area contributed by atoms with Crippen LogP contribution in [0.3, 0.4) is 0 Å². The molecule has 2 heterocycles. The van der Waals surface area contributed by atoms with Gasteiger partial charge in [-0.25, -0.2) is 18.1 Å². The number of carbonyl (C=O) groups excluding carboxylic acids is 1.